The fourth-order valence-corrected chi connectivity index (χ4v) is 4.03. The van der Waals surface area contributed by atoms with E-state index in [1.54, 1.807) is 18.2 Å². The summed E-state index contributed by atoms with van der Waals surface area (Å²) in [6.45, 7) is 3.58. The number of hydrogen-bond acceptors (Lipinski definition) is 4. The van der Waals surface area contributed by atoms with Gasteiger partial charge >= 0.3 is 0 Å². The van der Waals surface area contributed by atoms with Crippen molar-refractivity contribution in [2.75, 3.05) is 6.61 Å². The van der Waals surface area contributed by atoms with Gasteiger partial charge in [0.15, 0.2) is 6.61 Å². The van der Waals surface area contributed by atoms with Gasteiger partial charge in [-0.2, -0.15) is 5.10 Å². The summed E-state index contributed by atoms with van der Waals surface area (Å²) in [6.07, 6.45) is 1.40. The molecule has 0 bridgehead atoms. The Kier molecular flexibility index (Phi) is 7.32. The summed E-state index contributed by atoms with van der Waals surface area (Å²) in [4.78, 5) is 11.8. The third kappa shape index (κ3) is 5.71. The molecule has 0 aromatic heterocycles. The monoisotopic (exact) mass is 584 g/mol. The summed E-state index contributed by atoms with van der Waals surface area (Å²) in [5.74, 6) is 0.298. The number of carbonyl (C=O) groups excluding carboxylic acids is 1. The topological polar surface area (TPSA) is 70.9 Å². The number of aromatic hydroxyl groups is 1. The van der Waals surface area contributed by atoms with Crippen LogP contribution < -0.4 is 10.2 Å². The highest BCUT2D eigenvalue weighted by molar-refractivity contribution is 14.1. The number of carbonyl (C=O) groups is 1. The fraction of sp³-hybridized carbons (Fsp3) is 0.176. The number of phenolic OH excluding ortho intramolecular Hbond substituents is 1. The van der Waals surface area contributed by atoms with Crippen LogP contribution in [-0.2, 0) is 4.79 Å². The fourth-order valence-electron chi connectivity index (χ4n) is 2.03. The molecule has 0 aliphatic heterocycles. The Morgan fingerprint density at radius 3 is 2.56 bits per heavy atom. The Morgan fingerprint density at radius 2 is 1.92 bits per heavy atom. The van der Waals surface area contributed by atoms with E-state index in [9.17, 15) is 9.90 Å². The lowest BCUT2D eigenvalue weighted by Gasteiger charge is -2.09. The lowest BCUT2D eigenvalue weighted by Crippen LogP contribution is -2.24. The molecular weight excluding hydrogens is 569 g/mol. The van der Waals surface area contributed by atoms with Crippen molar-refractivity contribution in [3.63, 3.8) is 0 Å². The third-order valence-electron chi connectivity index (χ3n) is 3.23. The summed E-state index contributed by atoms with van der Waals surface area (Å²) in [5.41, 5.74) is 4.68. The number of aryl methyl sites for hydroxylation is 2. The normalized spacial score (nSPS) is 10.9. The molecule has 1 amide bonds. The Hall–Kier alpha value is -1.07. The molecule has 0 heterocycles. The molecule has 0 saturated carbocycles. The summed E-state index contributed by atoms with van der Waals surface area (Å²) < 4.78 is 7.13. The molecule has 0 aliphatic carbocycles. The summed E-state index contributed by atoms with van der Waals surface area (Å²) in [7, 11) is 0. The largest absolute Gasteiger partial charge is 0.506 e. The van der Waals surface area contributed by atoms with Crippen LogP contribution in [0.1, 0.15) is 16.7 Å². The molecule has 0 radical (unpaired) electrons. The van der Waals surface area contributed by atoms with E-state index in [1.165, 1.54) is 6.21 Å². The van der Waals surface area contributed by atoms with Gasteiger partial charge in [-0.15, -0.1) is 0 Å². The van der Waals surface area contributed by atoms with Gasteiger partial charge in [0.25, 0.3) is 5.91 Å². The molecule has 2 rings (SSSR count). The van der Waals surface area contributed by atoms with Gasteiger partial charge in [0.05, 0.1) is 9.78 Å². The van der Waals surface area contributed by atoms with Crippen LogP contribution in [0, 0.1) is 21.0 Å². The Balaban J connectivity index is 1.93. The highest BCUT2D eigenvalue weighted by Gasteiger charge is 2.07. The van der Waals surface area contributed by atoms with Gasteiger partial charge in [-0.05, 0) is 94.4 Å². The van der Waals surface area contributed by atoms with Crippen LogP contribution in [0.15, 0.2) is 29.4 Å². The first-order valence-electron chi connectivity index (χ1n) is 7.17. The van der Waals surface area contributed by atoms with Crippen molar-refractivity contribution < 1.29 is 14.6 Å². The minimum atomic E-state index is -0.402. The Morgan fingerprint density at radius 1 is 1.28 bits per heavy atom. The van der Waals surface area contributed by atoms with Crippen LogP contribution in [0.25, 0.3) is 0 Å². The molecule has 8 heteroatoms. The minimum absolute atomic E-state index is 0.127. The highest BCUT2D eigenvalue weighted by atomic mass is 127. The SMILES string of the molecule is Cc1cc(OCC(=O)N/N=C\c2cc(I)cc(I)c2O)cc(C)c1Cl. The number of amides is 1. The number of halogens is 3. The van der Waals surface area contributed by atoms with Crippen molar-refractivity contribution in [3.8, 4) is 11.5 Å². The van der Waals surface area contributed by atoms with Gasteiger partial charge in [-0.3, -0.25) is 4.79 Å². The molecular formula is C17H15ClI2N2O3. The molecule has 0 aliphatic rings. The Bertz CT molecular complexity index is 818. The van der Waals surface area contributed by atoms with Crippen molar-refractivity contribution in [1.82, 2.24) is 5.43 Å². The number of benzene rings is 2. The molecule has 2 N–H and O–H groups in total. The van der Waals surface area contributed by atoms with E-state index in [4.69, 9.17) is 16.3 Å². The van der Waals surface area contributed by atoms with Crippen LogP contribution in [0.5, 0.6) is 11.5 Å². The van der Waals surface area contributed by atoms with Crippen LogP contribution in [0.3, 0.4) is 0 Å². The minimum Gasteiger partial charge on any atom is -0.506 e. The summed E-state index contributed by atoms with van der Waals surface area (Å²) in [5, 5.41) is 14.5. The first-order chi connectivity index (χ1) is 11.8. The van der Waals surface area contributed by atoms with Gasteiger partial charge in [0.2, 0.25) is 0 Å². The van der Waals surface area contributed by atoms with Crippen molar-refractivity contribution in [1.29, 1.82) is 0 Å². The van der Waals surface area contributed by atoms with E-state index in [-0.39, 0.29) is 12.4 Å². The maximum absolute atomic E-state index is 11.8. The second kappa shape index (κ2) is 9.04. The van der Waals surface area contributed by atoms with E-state index in [2.05, 4.69) is 33.1 Å². The van der Waals surface area contributed by atoms with E-state index in [0.29, 0.717) is 19.9 Å². The average Bonchev–Trinajstić information content (AvgIpc) is 2.54. The molecule has 25 heavy (non-hydrogen) atoms. The standard InChI is InChI=1S/C17H15ClI2N2O3/c1-9-3-13(4-10(2)16(9)18)25-8-15(23)22-21-7-11-5-12(19)6-14(20)17(11)24/h3-7,24H,8H2,1-2H3,(H,22,23)/b21-7-. The van der Waals surface area contributed by atoms with Crippen LogP contribution in [-0.4, -0.2) is 23.8 Å². The molecule has 0 atom stereocenters. The molecule has 5 nitrogen and oxygen atoms in total. The van der Waals surface area contributed by atoms with Gasteiger partial charge in [0.1, 0.15) is 11.5 Å². The number of hydrazone groups is 1. The predicted octanol–water partition coefficient (Wildman–Crippen LogP) is 4.40. The molecule has 0 unspecified atom stereocenters. The first-order valence-corrected chi connectivity index (χ1v) is 9.71. The second-order valence-corrected chi connectivity index (χ2v) is 8.06. The summed E-state index contributed by atoms with van der Waals surface area (Å²) in [6, 6.07) is 7.16. The summed E-state index contributed by atoms with van der Waals surface area (Å²) >= 11 is 10.3. The van der Waals surface area contributed by atoms with Crippen molar-refractivity contribution in [3.05, 3.63) is 53.1 Å². The van der Waals surface area contributed by atoms with E-state index >= 15 is 0 Å². The number of ether oxygens (including phenoxy) is 1. The highest BCUT2D eigenvalue weighted by Crippen LogP contribution is 2.26. The zero-order chi connectivity index (χ0) is 18.6. The zero-order valence-electron chi connectivity index (χ0n) is 13.4. The maximum atomic E-state index is 11.8. The lowest BCUT2D eigenvalue weighted by molar-refractivity contribution is -0.123. The molecule has 2 aromatic rings. The number of nitrogens with zero attached hydrogens (tertiary/aromatic N) is 1. The molecule has 2 aromatic carbocycles. The number of rotatable bonds is 5. The van der Waals surface area contributed by atoms with Gasteiger partial charge < -0.3 is 9.84 Å². The molecule has 0 fully saturated rings. The van der Waals surface area contributed by atoms with Crippen molar-refractivity contribution in [2.24, 2.45) is 5.10 Å². The van der Waals surface area contributed by atoms with E-state index in [0.717, 1.165) is 14.7 Å². The smallest absolute Gasteiger partial charge is 0.277 e. The van der Waals surface area contributed by atoms with Crippen LogP contribution in [0.4, 0.5) is 0 Å². The van der Waals surface area contributed by atoms with Crippen molar-refractivity contribution >= 4 is 68.9 Å². The molecule has 132 valence electrons. The van der Waals surface area contributed by atoms with Gasteiger partial charge in [-0.1, -0.05) is 11.6 Å². The average molecular weight is 585 g/mol. The van der Waals surface area contributed by atoms with Crippen LogP contribution in [0.2, 0.25) is 5.02 Å². The van der Waals surface area contributed by atoms with E-state index < -0.39 is 5.91 Å². The molecule has 0 spiro atoms. The number of nitrogens with one attached hydrogen (secondary N) is 1. The maximum Gasteiger partial charge on any atom is 0.277 e. The Labute approximate surface area is 178 Å². The number of hydrogen-bond donors (Lipinski definition) is 2. The van der Waals surface area contributed by atoms with Crippen molar-refractivity contribution in [2.45, 2.75) is 13.8 Å². The number of phenols is 1. The zero-order valence-corrected chi connectivity index (χ0v) is 18.5. The van der Waals surface area contributed by atoms with Crippen LogP contribution >= 0.6 is 56.8 Å². The van der Waals surface area contributed by atoms with E-state index in [1.807, 2.05) is 42.5 Å². The van der Waals surface area contributed by atoms with Gasteiger partial charge in [-0.25, -0.2) is 5.43 Å². The molecule has 0 saturated heterocycles. The third-order valence-corrected chi connectivity index (χ3v) is 5.27. The van der Waals surface area contributed by atoms with Gasteiger partial charge in [0, 0.05) is 14.2 Å². The predicted molar refractivity (Wildman–Crippen MR) is 116 cm³/mol. The lowest BCUT2D eigenvalue weighted by atomic mass is 10.1. The first kappa shape index (κ1) is 20.2. The second-order valence-electron chi connectivity index (χ2n) is 5.28. The quantitative estimate of drug-likeness (QED) is 0.311.